The molecule has 6 aliphatic rings. The summed E-state index contributed by atoms with van der Waals surface area (Å²) in [5, 5.41) is 10.5. The summed E-state index contributed by atoms with van der Waals surface area (Å²) in [5.74, 6) is -0.900. The second kappa shape index (κ2) is 5.71. The Balaban J connectivity index is 1.75. The lowest BCUT2D eigenvalue weighted by atomic mass is 9.37. The lowest BCUT2D eigenvalue weighted by Crippen LogP contribution is -2.78. The Morgan fingerprint density at radius 2 is 2.00 bits per heavy atom. The van der Waals surface area contributed by atoms with E-state index in [2.05, 4.69) is 4.90 Å². The van der Waals surface area contributed by atoms with E-state index in [9.17, 15) is 18.3 Å². The summed E-state index contributed by atoms with van der Waals surface area (Å²) in [4.78, 5) is 15.3. The number of Topliss-reactive ketones (excluding diaryl/α,β-unsaturated/α-hetero) is 1. The zero-order valence-electron chi connectivity index (χ0n) is 17.9. The minimum Gasteiger partial charge on any atom is -0.504 e. The van der Waals surface area contributed by atoms with E-state index < -0.39 is 43.2 Å². The van der Waals surface area contributed by atoms with Crippen molar-refractivity contribution >= 4 is 15.6 Å². The average Bonchev–Trinajstić information content (AvgIpc) is 3.01. The number of sulfone groups is 1. The number of phenolic OH excluding ortho intramolecular Hbond substituents is 1. The third-order valence-corrected chi connectivity index (χ3v) is 11.2. The fourth-order valence-corrected chi connectivity index (χ4v) is 10.7. The van der Waals surface area contributed by atoms with Crippen LogP contribution in [0.1, 0.15) is 24.0 Å². The summed E-state index contributed by atoms with van der Waals surface area (Å²) >= 11 is 0. The van der Waals surface area contributed by atoms with Gasteiger partial charge in [0.15, 0.2) is 27.1 Å². The van der Waals surface area contributed by atoms with Crippen LogP contribution in [0.3, 0.4) is 0 Å². The Kier molecular flexibility index (Phi) is 3.64. The molecule has 2 heterocycles. The van der Waals surface area contributed by atoms with E-state index in [0.29, 0.717) is 25.0 Å². The van der Waals surface area contributed by atoms with E-state index >= 15 is 0 Å². The molecule has 7 rings (SSSR count). The van der Waals surface area contributed by atoms with Gasteiger partial charge in [-0.1, -0.05) is 18.2 Å². The molecule has 3 fully saturated rings. The van der Waals surface area contributed by atoms with Crippen LogP contribution >= 0.6 is 0 Å². The summed E-state index contributed by atoms with van der Waals surface area (Å²) in [6, 6.07) is 3.69. The maximum atomic E-state index is 13.5. The molecule has 2 saturated heterocycles. The third kappa shape index (κ3) is 1.95. The van der Waals surface area contributed by atoms with Gasteiger partial charge >= 0.3 is 0 Å². The van der Waals surface area contributed by atoms with Gasteiger partial charge in [-0.3, -0.25) is 4.79 Å². The van der Waals surface area contributed by atoms with E-state index in [4.69, 9.17) is 9.47 Å². The quantitative estimate of drug-likeness (QED) is 0.685. The number of nitrogens with zero attached hydrogens (tertiary/aromatic N) is 1. The van der Waals surface area contributed by atoms with Crippen molar-refractivity contribution in [3.8, 4) is 11.5 Å². The Bertz CT molecular complexity index is 1160. The minimum absolute atomic E-state index is 0.0823. The van der Waals surface area contributed by atoms with Gasteiger partial charge in [-0.25, -0.2) is 8.42 Å². The molecule has 1 aromatic rings. The number of ether oxygens (including phenoxy) is 2. The number of phenols is 1. The lowest BCUT2D eigenvalue weighted by Gasteiger charge is -2.72. The highest BCUT2D eigenvalue weighted by Crippen LogP contribution is 2.73. The van der Waals surface area contributed by atoms with Crippen molar-refractivity contribution in [3.05, 3.63) is 35.4 Å². The topological polar surface area (TPSA) is 93.1 Å². The number of likely N-dealkylation sites (N-methyl/N-ethyl adjacent to an activating group) is 1. The number of carbonyl (C=O) groups is 1. The van der Waals surface area contributed by atoms with E-state index in [0.717, 1.165) is 17.7 Å². The molecule has 4 bridgehead atoms. The highest BCUT2D eigenvalue weighted by atomic mass is 32.2. The number of methoxy groups -OCH3 is 2. The van der Waals surface area contributed by atoms with Crippen molar-refractivity contribution < 1.29 is 27.8 Å². The van der Waals surface area contributed by atoms with Crippen LogP contribution in [0.15, 0.2) is 24.3 Å². The third-order valence-electron chi connectivity index (χ3n) is 9.12. The predicted molar refractivity (Wildman–Crippen MR) is 113 cm³/mol. The van der Waals surface area contributed by atoms with Crippen LogP contribution in [-0.2, 0) is 31.2 Å². The molecule has 166 valence electrons. The molecule has 1 spiro atoms. The van der Waals surface area contributed by atoms with Gasteiger partial charge in [0.1, 0.15) is 5.75 Å². The molecule has 7 nitrogen and oxygen atoms in total. The molecular weight excluding hydrogens is 418 g/mol. The number of carbonyl (C=O) groups excluding carboxylic acids is 1. The largest absolute Gasteiger partial charge is 0.504 e. The van der Waals surface area contributed by atoms with Crippen molar-refractivity contribution in [2.24, 2.45) is 11.3 Å². The Morgan fingerprint density at radius 3 is 2.71 bits per heavy atom. The molecule has 1 saturated carbocycles. The van der Waals surface area contributed by atoms with Gasteiger partial charge in [-0.2, -0.15) is 0 Å². The predicted octanol–water partition coefficient (Wildman–Crippen LogP) is 1.23. The second-order valence-corrected chi connectivity index (χ2v) is 12.1. The van der Waals surface area contributed by atoms with Crippen molar-refractivity contribution in [2.45, 2.75) is 41.6 Å². The van der Waals surface area contributed by atoms with Gasteiger partial charge in [-0.05, 0) is 44.5 Å². The van der Waals surface area contributed by atoms with Crippen LogP contribution in [0.4, 0.5) is 0 Å². The zero-order valence-corrected chi connectivity index (χ0v) is 18.7. The molecule has 1 N–H and O–H groups in total. The van der Waals surface area contributed by atoms with E-state index in [1.807, 2.05) is 25.3 Å². The first-order valence-electron chi connectivity index (χ1n) is 10.8. The van der Waals surface area contributed by atoms with Crippen LogP contribution in [-0.4, -0.2) is 74.7 Å². The highest BCUT2D eigenvalue weighted by molar-refractivity contribution is 7.93. The summed E-state index contributed by atoms with van der Waals surface area (Å²) in [5.41, 5.74) is -0.634. The minimum atomic E-state index is -3.68. The zero-order chi connectivity index (χ0) is 22.0. The standard InChI is InChI=1S/C23H27NO6S/c1-24-9-8-21-12-22(30-3)6-7-23(21,20-18(22)14(25)11-31(20,27)28)16(24)10-13-4-5-15(29-2)19(26)17(13)21/h4-7,16,18,20,26H,8-12H2,1-3H3/t16-,18-,20+,21-,22-,23-/m1/s1. The normalized spacial score (nSPS) is 44.0. The molecule has 6 atom stereocenters. The molecule has 4 aliphatic carbocycles. The molecule has 0 radical (unpaired) electrons. The summed E-state index contributed by atoms with van der Waals surface area (Å²) in [6.07, 6.45) is 5.77. The number of likely N-dealkylation sites (tertiary alicyclic amines) is 1. The number of benzene rings is 1. The van der Waals surface area contributed by atoms with Gasteiger partial charge in [0, 0.05) is 29.5 Å². The van der Waals surface area contributed by atoms with Gasteiger partial charge < -0.3 is 19.5 Å². The highest BCUT2D eigenvalue weighted by Gasteiger charge is 2.80. The van der Waals surface area contributed by atoms with Crippen LogP contribution in [0, 0.1) is 11.3 Å². The monoisotopic (exact) mass is 445 g/mol. The number of piperidine rings is 1. The average molecular weight is 446 g/mol. The van der Waals surface area contributed by atoms with Crippen molar-refractivity contribution in [3.63, 3.8) is 0 Å². The molecule has 31 heavy (non-hydrogen) atoms. The summed E-state index contributed by atoms with van der Waals surface area (Å²) in [6.45, 7) is 0.779. The van der Waals surface area contributed by atoms with Gasteiger partial charge in [0.25, 0.3) is 0 Å². The molecule has 0 amide bonds. The number of rotatable bonds is 2. The molecule has 0 unspecified atom stereocenters. The number of hydrogen-bond acceptors (Lipinski definition) is 7. The lowest BCUT2D eigenvalue weighted by molar-refractivity contribution is -0.168. The van der Waals surface area contributed by atoms with Crippen LogP contribution in [0.5, 0.6) is 11.5 Å². The number of fused-ring (bicyclic) bond motifs is 1. The summed E-state index contributed by atoms with van der Waals surface area (Å²) < 4.78 is 38.5. The SMILES string of the molecule is COc1ccc2c(c1O)[C@]13CCN(C)[C@H](C2)[C@@]12C=C[C@@](OC)(C3)[C@@H]1C(=O)CS(=O)(=O)[C@@H]12. The molecule has 2 aliphatic heterocycles. The van der Waals surface area contributed by atoms with Gasteiger partial charge in [0.05, 0.1) is 23.9 Å². The van der Waals surface area contributed by atoms with E-state index in [1.165, 1.54) is 7.11 Å². The van der Waals surface area contributed by atoms with Crippen LogP contribution in [0.25, 0.3) is 0 Å². The Morgan fingerprint density at radius 1 is 1.23 bits per heavy atom. The first-order chi connectivity index (χ1) is 14.7. The number of hydrogen-bond donors (Lipinski definition) is 1. The van der Waals surface area contributed by atoms with Crippen LogP contribution in [0.2, 0.25) is 0 Å². The fourth-order valence-electron chi connectivity index (χ4n) is 8.08. The maximum absolute atomic E-state index is 13.5. The Hall–Kier alpha value is -1.90. The Labute approximate surface area is 181 Å². The number of aromatic hydroxyl groups is 1. The fraction of sp³-hybridized carbons (Fsp3) is 0.609. The smallest absolute Gasteiger partial charge is 0.162 e. The molecule has 1 aromatic carbocycles. The summed E-state index contributed by atoms with van der Waals surface area (Å²) in [7, 11) is 1.45. The van der Waals surface area contributed by atoms with Crippen LogP contribution < -0.4 is 4.74 Å². The van der Waals surface area contributed by atoms with Crippen molar-refractivity contribution in [1.29, 1.82) is 0 Å². The van der Waals surface area contributed by atoms with Crippen molar-refractivity contribution in [1.82, 2.24) is 4.90 Å². The molecule has 8 heteroatoms. The van der Waals surface area contributed by atoms with Gasteiger partial charge in [-0.15, -0.1) is 0 Å². The molecular formula is C23H27NO6S. The van der Waals surface area contributed by atoms with E-state index in [1.54, 1.807) is 13.2 Å². The first kappa shape index (κ1) is 19.8. The maximum Gasteiger partial charge on any atom is 0.162 e. The van der Waals surface area contributed by atoms with E-state index in [-0.39, 0.29) is 17.6 Å². The molecule has 0 aromatic heterocycles. The second-order valence-electron chi connectivity index (χ2n) is 9.96. The number of ketones is 1. The first-order valence-corrected chi connectivity index (χ1v) is 12.5. The van der Waals surface area contributed by atoms with Crippen molar-refractivity contribution in [2.75, 3.05) is 33.6 Å². The van der Waals surface area contributed by atoms with Gasteiger partial charge in [0.2, 0.25) is 0 Å².